The first kappa shape index (κ1) is 17.3. The number of anilines is 1. The number of benzene rings is 1. The van der Waals surface area contributed by atoms with E-state index in [1.807, 2.05) is 31.2 Å². The number of urea groups is 1. The molecule has 1 aliphatic heterocycles. The summed E-state index contributed by atoms with van der Waals surface area (Å²) in [4.78, 5) is 23.3. The highest BCUT2D eigenvalue weighted by molar-refractivity contribution is 5.90. The van der Waals surface area contributed by atoms with E-state index < -0.39 is 0 Å². The number of fused-ring (bicyclic) bond motifs is 1. The highest BCUT2D eigenvalue weighted by atomic mass is 16.5. The number of rotatable bonds is 4. The Morgan fingerprint density at radius 1 is 1.33 bits per heavy atom. The number of para-hydroxylation sites is 2. The molecule has 7 nitrogen and oxygen atoms in total. The van der Waals surface area contributed by atoms with Gasteiger partial charge in [-0.3, -0.25) is 0 Å². The highest BCUT2D eigenvalue weighted by Crippen LogP contribution is 2.29. The van der Waals surface area contributed by atoms with Crippen LogP contribution in [0.2, 0.25) is 0 Å². The molecule has 27 heavy (non-hydrogen) atoms. The molecule has 1 fully saturated rings. The third-order valence-electron chi connectivity index (χ3n) is 4.66. The first-order valence-corrected chi connectivity index (χ1v) is 9.24. The highest BCUT2D eigenvalue weighted by Gasteiger charge is 2.28. The summed E-state index contributed by atoms with van der Waals surface area (Å²) in [6, 6.07) is 11.1. The molecule has 4 rings (SSSR count). The molecular formula is C20H22N4O3. The standard InChI is InChI=1S/C20H22N4O3/c1-2-26-19-16(9-5-11-21-19)23-20(25)24-12-6-7-14(13-24)18-22-15-8-3-4-10-17(15)27-18/h3-5,8-11,14H,2,6-7,12-13H2,1H3,(H,23,25)/t14-/m0/s1. The molecule has 140 valence electrons. The Balaban J connectivity index is 1.47. The van der Waals surface area contributed by atoms with Crippen molar-refractivity contribution >= 4 is 22.8 Å². The number of amides is 2. The second-order valence-electron chi connectivity index (χ2n) is 6.52. The Morgan fingerprint density at radius 3 is 3.07 bits per heavy atom. The molecule has 3 heterocycles. The number of likely N-dealkylation sites (tertiary alicyclic amines) is 1. The minimum atomic E-state index is -0.162. The van der Waals surface area contributed by atoms with Crippen molar-refractivity contribution in [2.75, 3.05) is 25.0 Å². The molecule has 1 aliphatic rings. The molecule has 1 saturated heterocycles. The molecule has 1 aromatic carbocycles. The van der Waals surface area contributed by atoms with E-state index in [0.717, 1.165) is 23.9 Å². The van der Waals surface area contributed by atoms with Gasteiger partial charge in [0.25, 0.3) is 0 Å². The number of nitrogens with zero attached hydrogens (tertiary/aromatic N) is 3. The van der Waals surface area contributed by atoms with E-state index in [-0.39, 0.29) is 11.9 Å². The average Bonchev–Trinajstić information content (AvgIpc) is 3.14. The molecule has 0 aliphatic carbocycles. The van der Waals surface area contributed by atoms with Crippen LogP contribution in [0.1, 0.15) is 31.6 Å². The van der Waals surface area contributed by atoms with Gasteiger partial charge in [-0.25, -0.2) is 14.8 Å². The zero-order valence-corrected chi connectivity index (χ0v) is 15.2. The van der Waals surface area contributed by atoms with Crippen molar-refractivity contribution in [3.05, 3.63) is 48.5 Å². The Morgan fingerprint density at radius 2 is 2.22 bits per heavy atom. The van der Waals surface area contributed by atoms with E-state index in [1.165, 1.54) is 0 Å². The normalized spacial score (nSPS) is 17.1. The lowest BCUT2D eigenvalue weighted by molar-refractivity contribution is 0.187. The van der Waals surface area contributed by atoms with Crippen LogP contribution in [-0.4, -0.2) is 40.6 Å². The smallest absolute Gasteiger partial charge is 0.322 e. The second-order valence-corrected chi connectivity index (χ2v) is 6.52. The summed E-state index contributed by atoms with van der Waals surface area (Å²) in [6.07, 6.45) is 3.50. The van der Waals surface area contributed by atoms with Gasteiger partial charge in [-0.2, -0.15) is 0 Å². The average molecular weight is 366 g/mol. The first-order chi connectivity index (χ1) is 13.2. The van der Waals surface area contributed by atoms with Crippen LogP contribution >= 0.6 is 0 Å². The fourth-order valence-corrected chi connectivity index (χ4v) is 3.36. The van der Waals surface area contributed by atoms with E-state index in [9.17, 15) is 4.79 Å². The minimum absolute atomic E-state index is 0.0946. The van der Waals surface area contributed by atoms with Crippen LogP contribution in [0.3, 0.4) is 0 Å². The molecule has 0 saturated carbocycles. The lowest BCUT2D eigenvalue weighted by Crippen LogP contribution is -2.41. The van der Waals surface area contributed by atoms with E-state index in [4.69, 9.17) is 9.15 Å². The zero-order valence-electron chi connectivity index (χ0n) is 15.2. The van der Waals surface area contributed by atoms with Crippen molar-refractivity contribution in [2.24, 2.45) is 0 Å². The molecule has 1 atom stereocenters. The summed E-state index contributed by atoms with van der Waals surface area (Å²) < 4.78 is 11.4. The Kier molecular flexibility index (Phi) is 4.91. The third-order valence-corrected chi connectivity index (χ3v) is 4.66. The van der Waals surface area contributed by atoms with Gasteiger partial charge in [0.1, 0.15) is 11.2 Å². The van der Waals surface area contributed by atoms with Gasteiger partial charge in [0.15, 0.2) is 11.5 Å². The van der Waals surface area contributed by atoms with Crippen molar-refractivity contribution < 1.29 is 13.9 Å². The number of pyridine rings is 1. The van der Waals surface area contributed by atoms with E-state index in [2.05, 4.69) is 15.3 Å². The van der Waals surface area contributed by atoms with Crippen LogP contribution < -0.4 is 10.1 Å². The topological polar surface area (TPSA) is 80.5 Å². The molecule has 0 spiro atoms. The molecular weight excluding hydrogens is 344 g/mol. The second kappa shape index (κ2) is 7.65. The van der Waals surface area contributed by atoms with Crippen LogP contribution in [0.15, 0.2) is 47.0 Å². The molecule has 7 heteroatoms. The van der Waals surface area contributed by atoms with Crippen molar-refractivity contribution in [3.8, 4) is 5.88 Å². The lowest BCUT2D eigenvalue weighted by atomic mass is 9.98. The number of carbonyl (C=O) groups excluding carboxylic acids is 1. The summed E-state index contributed by atoms with van der Waals surface area (Å²) >= 11 is 0. The molecule has 0 radical (unpaired) electrons. The molecule has 2 amide bonds. The quantitative estimate of drug-likeness (QED) is 0.754. The molecule has 0 bridgehead atoms. The van der Waals surface area contributed by atoms with Gasteiger partial charge < -0.3 is 19.4 Å². The zero-order chi connectivity index (χ0) is 18.6. The molecule has 0 unspecified atom stereocenters. The van der Waals surface area contributed by atoms with E-state index >= 15 is 0 Å². The van der Waals surface area contributed by atoms with E-state index in [1.54, 1.807) is 23.2 Å². The minimum Gasteiger partial charge on any atom is -0.476 e. The third kappa shape index (κ3) is 3.72. The summed E-state index contributed by atoms with van der Waals surface area (Å²) in [5.74, 6) is 1.23. The largest absolute Gasteiger partial charge is 0.476 e. The maximum Gasteiger partial charge on any atom is 0.322 e. The van der Waals surface area contributed by atoms with Crippen molar-refractivity contribution in [2.45, 2.75) is 25.7 Å². The van der Waals surface area contributed by atoms with Gasteiger partial charge in [-0.1, -0.05) is 12.1 Å². The maximum absolute atomic E-state index is 12.8. The molecule has 3 aromatic rings. The monoisotopic (exact) mass is 366 g/mol. The Labute approximate surface area is 157 Å². The maximum atomic E-state index is 12.8. The summed E-state index contributed by atoms with van der Waals surface area (Å²) in [6.45, 7) is 3.65. The van der Waals surface area contributed by atoms with E-state index in [0.29, 0.717) is 37.2 Å². The number of hydrogen-bond acceptors (Lipinski definition) is 5. The van der Waals surface area contributed by atoms with Gasteiger partial charge >= 0.3 is 6.03 Å². The molecule has 2 aromatic heterocycles. The van der Waals surface area contributed by atoms with Crippen molar-refractivity contribution in [3.63, 3.8) is 0 Å². The van der Waals surface area contributed by atoms with Gasteiger partial charge in [-0.05, 0) is 44.0 Å². The van der Waals surface area contributed by atoms with Crippen LogP contribution in [0.5, 0.6) is 5.88 Å². The van der Waals surface area contributed by atoms with Crippen molar-refractivity contribution in [1.82, 2.24) is 14.9 Å². The fourth-order valence-electron chi connectivity index (χ4n) is 3.36. The van der Waals surface area contributed by atoms with Gasteiger partial charge in [0.2, 0.25) is 5.88 Å². The summed E-state index contributed by atoms with van der Waals surface area (Å²) in [5.41, 5.74) is 2.21. The van der Waals surface area contributed by atoms with Crippen LogP contribution in [0.4, 0.5) is 10.5 Å². The number of carbonyl (C=O) groups is 1. The van der Waals surface area contributed by atoms with Gasteiger partial charge in [-0.15, -0.1) is 0 Å². The summed E-state index contributed by atoms with van der Waals surface area (Å²) in [5, 5.41) is 2.91. The SMILES string of the molecule is CCOc1ncccc1NC(=O)N1CCC[C@H](c2nc3ccccc3o2)C1. The number of piperidine rings is 1. The number of nitrogens with one attached hydrogen (secondary N) is 1. The Hall–Kier alpha value is -3.09. The van der Waals surface area contributed by atoms with Gasteiger partial charge in [0.05, 0.1) is 12.5 Å². The fraction of sp³-hybridized carbons (Fsp3) is 0.350. The van der Waals surface area contributed by atoms with Crippen LogP contribution in [-0.2, 0) is 0 Å². The lowest BCUT2D eigenvalue weighted by Gasteiger charge is -2.31. The van der Waals surface area contributed by atoms with Crippen LogP contribution in [0.25, 0.3) is 11.1 Å². The number of hydrogen-bond donors (Lipinski definition) is 1. The molecule has 1 N–H and O–H groups in total. The summed E-state index contributed by atoms with van der Waals surface area (Å²) in [7, 11) is 0. The number of ether oxygens (including phenoxy) is 1. The number of oxazole rings is 1. The number of aromatic nitrogens is 2. The Bertz CT molecular complexity index is 907. The predicted molar refractivity (Wildman–Crippen MR) is 102 cm³/mol. The first-order valence-electron chi connectivity index (χ1n) is 9.24. The van der Waals surface area contributed by atoms with Gasteiger partial charge in [0, 0.05) is 19.3 Å². The predicted octanol–water partition coefficient (Wildman–Crippen LogP) is 4.03. The van der Waals surface area contributed by atoms with Crippen LogP contribution in [0, 0.1) is 0 Å². The van der Waals surface area contributed by atoms with Crippen molar-refractivity contribution in [1.29, 1.82) is 0 Å².